The van der Waals surface area contributed by atoms with Crippen LogP contribution in [0, 0.1) is 44.1 Å². The van der Waals surface area contributed by atoms with Gasteiger partial charge in [-0.2, -0.15) is 0 Å². The molecule has 0 bridgehead atoms. The van der Waals surface area contributed by atoms with E-state index in [9.17, 15) is 0 Å². The van der Waals surface area contributed by atoms with Gasteiger partial charge in [-0.25, -0.2) is 0 Å². The second-order valence-electron chi connectivity index (χ2n) is 2.81. The van der Waals surface area contributed by atoms with Crippen molar-refractivity contribution in [2.45, 2.75) is 12.8 Å². The Balaban J connectivity index is 0.000000720. The van der Waals surface area contributed by atoms with E-state index < -0.39 is 0 Å². The molecule has 1 nitrogen and oxygen atoms in total. The van der Waals surface area contributed by atoms with Crippen LogP contribution in [0.3, 0.4) is 0 Å². The number of nitrogens with one attached hydrogen (secondary N) is 1. The monoisotopic (exact) mass is 371 g/mol. The van der Waals surface area contributed by atoms with Gasteiger partial charge in [0.05, 0.1) is 0 Å². The molecule has 0 unspecified atom stereocenters. The second kappa shape index (κ2) is 4.44. The molecule has 0 heterocycles. The van der Waals surface area contributed by atoms with E-state index in [0.29, 0.717) is 5.70 Å². The quantitative estimate of drug-likeness (QED) is 0.670. The molecule has 2 heteroatoms. The van der Waals surface area contributed by atoms with Crippen molar-refractivity contribution in [3.05, 3.63) is 47.2 Å². The van der Waals surface area contributed by atoms with Crippen LogP contribution in [0.1, 0.15) is 17.5 Å². The summed E-state index contributed by atoms with van der Waals surface area (Å²) in [6.45, 7) is 0. The molecule has 59 valence electrons. The standard InChI is InChI=1S/C10H10N.Ac/c11-10-7-3-5-8-4-1-2-6-9(8)10;/h1-2,4,6-7,11H,3,5H2;/q-1;. The van der Waals surface area contributed by atoms with Gasteiger partial charge in [-0.05, 0) is 24.0 Å². The molecule has 2 rings (SSSR count). The smallest absolute Gasteiger partial charge is 0 e. The second-order valence-corrected chi connectivity index (χ2v) is 2.81. The molecule has 0 aliphatic heterocycles. The van der Waals surface area contributed by atoms with Crippen molar-refractivity contribution in [1.82, 2.24) is 0 Å². The maximum atomic E-state index is 7.61. The van der Waals surface area contributed by atoms with E-state index in [0.717, 1.165) is 18.4 Å². The Bertz CT molecular complexity index is 304. The zero-order valence-corrected chi connectivity index (χ0v) is 11.6. The van der Waals surface area contributed by atoms with E-state index in [-0.39, 0.29) is 44.1 Å². The fourth-order valence-electron chi connectivity index (χ4n) is 1.48. The molecule has 12 heavy (non-hydrogen) atoms. The Morgan fingerprint density at radius 1 is 1.17 bits per heavy atom. The molecule has 1 aliphatic carbocycles. The Morgan fingerprint density at radius 2 is 1.92 bits per heavy atom. The zero-order chi connectivity index (χ0) is 7.68. The maximum Gasteiger partial charge on any atom is 0 e. The third kappa shape index (κ3) is 1.92. The summed E-state index contributed by atoms with van der Waals surface area (Å²) in [7, 11) is 0. The first-order valence-electron chi connectivity index (χ1n) is 3.88. The molecular formula is C10H10AcN-. The molecule has 1 radical (unpaired) electrons. The number of aryl methyl sites for hydroxylation is 1. The molecule has 0 spiro atoms. The molecule has 0 saturated heterocycles. The molecule has 1 N–H and O–H groups in total. The molecule has 0 saturated carbocycles. The van der Waals surface area contributed by atoms with Gasteiger partial charge in [-0.15, -0.1) is 5.70 Å². The van der Waals surface area contributed by atoms with E-state index in [1.807, 2.05) is 24.3 Å². The largest absolute Gasteiger partial charge is 0.698 e. The zero-order valence-electron chi connectivity index (χ0n) is 6.88. The van der Waals surface area contributed by atoms with Crippen molar-refractivity contribution in [3.63, 3.8) is 0 Å². The molecule has 0 amide bonds. The minimum absolute atomic E-state index is 0. The van der Waals surface area contributed by atoms with Gasteiger partial charge in [0, 0.05) is 44.1 Å². The summed E-state index contributed by atoms with van der Waals surface area (Å²) >= 11 is 0. The number of hydrogen-bond acceptors (Lipinski definition) is 0. The van der Waals surface area contributed by atoms with Crippen LogP contribution in [0.25, 0.3) is 11.4 Å². The third-order valence-corrected chi connectivity index (χ3v) is 2.07. The van der Waals surface area contributed by atoms with Gasteiger partial charge in [0.15, 0.2) is 0 Å². The van der Waals surface area contributed by atoms with Gasteiger partial charge in [0.25, 0.3) is 0 Å². The Hall–Kier alpha value is 0.202. The van der Waals surface area contributed by atoms with Gasteiger partial charge >= 0.3 is 0 Å². The Kier molecular flexibility index (Phi) is 3.81. The SMILES string of the molecule is [Ac].[NH-]C1=CCCc2ccccc21. The van der Waals surface area contributed by atoms with Gasteiger partial charge in [0.2, 0.25) is 0 Å². The number of hydrogen-bond donors (Lipinski definition) is 0. The van der Waals surface area contributed by atoms with E-state index in [2.05, 4.69) is 6.07 Å². The summed E-state index contributed by atoms with van der Waals surface area (Å²) in [6.07, 6.45) is 4.11. The van der Waals surface area contributed by atoms with Crippen molar-refractivity contribution in [2.24, 2.45) is 0 Å². The number of benzene rings is 1. The fourth-order valence-corrected chi connectivity index (χ4v) is 1.48. The number of allylic oxidation sites excluding steroid dienone is 1. The maximum absolute atomic E-state index is 7.61. The molecule has 0 fully saturated rings. The van der Waals surface area contributed by atoms with Gasteiger partial charge < -0.3 is 5.73 Å². The molecule has 0 atom stereocenters. The van der Waals surface area contributed by atoms with Gasteiger partial charge in [-0.3, -0.25) is 0 Å². The predicted molar refractivity (Wildman–Crippen MR) is 47.1 cm³/mol. The van der Waals surface area contributed by atoms with Crippen molar-refractivity contribution in [2.75, 3.05) is 0 Å². The first-order chi connectivity index (χ1) is 5.38. The van der Waals surface area contributed by atoms with Crippen molar-refractivity contribution >= 4 is 5.70 Å². The summed E-state index contributed by atoms with van der Waals surface area (Å²) in [5.41, 5.74) is 10.7. The molecule has 1 aliphatic rings. The average Bonchev–Trinajstić information content (AvgIpc) is 2.06. The van der Waals surface area contributed by atoms with E-state index in [4.69, 9.17) is 5.73 Å². The summed E-state index contributed by atoms with van der Waals surface area (Å²) in [5.74, 6) is 0. The van der Waals surface area contributed by atoms with E-state index >= 15 is 0 Å². The van der Waals surface area contributed by atoms with Crippen LogP contribution >= 0.6 is 0 Å². The third-order valence-electron chi connectivity index (χ3n) is 2.07. The van der Waals surface area contributed by atoms with Crippen LogP contribution < -0.4 is 0 Å². The summed E-state index contributed by atoms with van der Waals surface area (Å²) in [5, 5.41) is 0. The van der Waals surface area contributed by atoms with Crippen LogP contribution in [0.15, 0.2) is 30.3 Å². The first kappa shape index (κ1) is 10.3. The van der Waals surface area contributed by atoms with Crippen molar-refractivity contribution in [3.8, 4) is 0 Å². The minimum atomic E-state index is 0. The molecule has 0 aromatic heterocycles. The van der Waals surface area contributed by atoms with E-state index in [1.165, 1.54) is 5.56 Å². The molecule has 1 aromatic rings. The van der Waals surface area contributed by atoms with Crippen LogP contribution in [-0.2, 0) is 6.42 Å². The van der Waals surface area contributed by atoms with Crippen LogP contribution in [0.5, 0.6) is 0 Å². The van der Waals surface area contributed by atoms with Crippen LogP contribution in [0.4, 0.5) is 0 Å². The topological polar surface area (TPSA) is 23.8 Å². The van der Waals surface area contributed by atoms with Crippen molar-refractivity contribution < 1.29 is 44.1 Å². The molecule has 1 aromatic carbocycles. The minimum Gasteiger partial charge on any atom is -0.698 e. The van der Waals surface area contributed by atoms with Crippen LogP contribution in [0.2, 0.25) is 0 Å². The number of fused-ring (bicyclic) bond motifs is 1. The summed E-state index contributed by atoms with van der Waals surface area (Å²) in [4.78, 5) is 0. The summed E-state index contributed by atoms with van der Waals surface area (Å²) in [6, 6.07) is 8.16. The average molecular weight is 371 g/mol. The first-order valence-corrected chi connectivity index (χ1v) is 3.88. The fraction of sp³-hybridized carbons (Fsp3) is 0.200. The van der Waals surface area contributed by atoms with Crippen molar-refractivity contribution in [1.29, 1.82) is 0 Å². The Labute approximate surface area is 109 Å². The summed E-state index contributed by atoms with van der Waals surface area (Å²) < 4.78 is 0. The Morgan fingerprint density at radius 3 is 2.67 bits per heavy atom. The van der Waals surface area contributed by atoms with Gasteiger partial charge in [-0.1, -0.05) is 30.3 Å². The van der Waals surface area contributed by atoms with Gasteiger partial charge in [0.1, 0.15) is 0 Å². The molecular weight excluding hydrogens is 361 g/mol. The number of rotatable bonds is 0. The predicted octanol–water partition coefficient (Wildman–Crippen LogP) is 3.03. The van der Waals surface area contributed by atoms with E-state index in [1.54, 1.807) is 0 Å². The van der Waals surface area contributed by atoms with Crippen LogP contribution in [-0.4, -0.2) is 0 Å². The normalized spacial score (nSPS) is 14.2.